The van der Waals surface area contributed by atoms with Crippen LogP contribution in [0.2, 0.25) is 0 Å². The van der Waals surface area contributed by atoms with Crippen molar-refractivity contribution in [1.82, 2.24) is 0 Å². The van der Waals surface area contributed by atoms with E-state index < -0.39 is 0 Å². The molecule has 0 bridgehead atoms. The summed E-state index contributed by atoms with van der Waals surface area (Å²) in [5, 5.41) is 0. The molecule has 1 heterocycles. The van der Waals surface area contributed by atoms with Crippen LogP contribution in [0.4, 0.5) is 0 Å². The summed E-state index contributed by atoms with van der Waals surface area (Å²) < 4.78 is 2.11. The van der Waals surface area contributed by atoms with Crippen LogP contribution in [0, 0.1) is 0 Å². The van der Waals surface area contributed by atoms with Gasteiger partial charge in [-0.1, -0.05) is 24.3 Å². The average molecular weight is 182 g/mol. The molecule has 0 fully saturated rings. The van der Waals surface area contributed by atoms with E-state index in [4.69, 9.17) is 0 Å². The molecule has 0 unspecified atom stereocenters. The molecule has 12 heavy (non-hydrogen) atoms. The fourth-order valence-electron chi connectivity index (χ4n) is 1.55. The van der Waals surface area contributed by atoms with Crippen LogP contribution in [0.3, 0.4) is 0 Å². The van der Waals surface area contributed by atoms with Gasteiger partial charge < -0.3 is 12.4 Å². The summed E-state index contributed by atoms with van der Waals surface area (Å²) in [5.41, 5.74) is 2.93. The summed E-state index contributed by atoms with van der Waals surface area (Å²) in [6.07, 6.45) is 1.15. The molecule has 0 saturated heterocycles. The lowest BCUT2D eigenvalue weighted by atomic mass is 10.0. The zero-order chi connectivity index (χ0) is 7.68. The van der Waals surface area contributed by atoms with Gasteiger partial charge in [-0.2, -0.15) is 0 Å². The molecule has 2 rings (SSSR count). The standard InChI is InChI=1S/C10H12N.ClH/c1-11-7-6-9-4-2-3-5-10(9)8-11;/h2-5H,1,6-8H2;1H/q+1;/p-1. The fourth-order valence-corrected chi connectivity index (χ4v) is 1.55. The topological polar surface area (TPSA) is 3.01 Å². The van der Waals surface area contributed by atoms with E-state index >= 15 is 0 Å². The van der Waals surface area contributed by atoms with Gasteiger partial charge in [0.15, 0.2) is 6.54 Å². The number of nitrogens with zero attached hydrogens (tertiary/aromatic N) is 1. The van der Waals surface area contributed by atoms with Gasteiger partial charge in [0.25, 0.3) is 0 Å². The fraction of sp³-hybridized carbons (Fsp3) is 0.300. The monoisotopic (exact) mass is 181 g/mol. The first kappa shape index (κ1) is 9.27. The second-order valence-electron chi connectivity index (χ2n) is 3.07. The third kappa shape index (κ3) is 1.67. The van der Waals surface area contributed by atoms with Crippen LogP contribution in [0.1, 0.15) is 11.1 Å². The maximum absolute atomic E-state index is 3.93. The Labute approximate surface area is 79.1 Å². The van der Waals surface area contributed by atoms with E-state index in [2.05, 4.69) is 35.6 Å². The first-order valence-corrected chi connectivity index (χ1v) is 3.98. The van der Waals surface area contributed by atoms with E-state index in [1.165, 1.54) is 11.1 Å². The van der Waals surface area contributed by atoms with Gasteiger partial charge in [0, 0.05) is 12.0 Å². The lowest BCUT2D eigenvalue weighted by Gasteiger charge is -2.12. The maximum atomic E-state index is 3.93. The Kier molecular flexibility index (Phi) is 2.88. The van der Waals surface area contributed by atoms with Gasteiger partial charge in [-0.3, -0.25) is 0 Å². The number of benzene rings is 1. The van der Waals surface area contributed by atoms with Crippen molar-refractivity contribution in [1.29, 1.82) is 0 Å². The first-order valence-electron chi connectivity index (χ1n) is 3.98. The largest absolute Gasteiger partial charge is 1.00 e. The molecule has 0 aromatic heterocycles. The maximum Gasteiger partial charge on any atom is 0.167 e. The third-order valence-corrected chi connectivity index (χ3v) is 2.21. The minimum atomic E-state index is 0. The Morgan fingerprint density at radius 1 is 1.17 bits per heavy atom. The highest BCUT2D eigenvalue weighted by Gasteiger charge is 2.14. The molecular weight excluding hydrogens is 170 g/mol. The van der Waals surface area contributed by atoms with Gasteiger partial charge in [0.05, 0.1) is 0 Å². The highest BCUT2D eigenvalue weighted by molar-refractivity contribution is 5.28. The van der Waals surface area contributed by atoms with E-state index in [9.17, 15) is 0 Å². The van der Waals surface area contributed by atoms with Crippen molar-refractivity contribution in [2.24, 2.45) is 0 Å². The molecule has 0 saturated carbocycles. The van der Waals surface area contributed by atoms with Gasteiger partial charge >= 0.3 is 0 Å². The summed E-state index contributed by atoms with van der Waals surface area (Å²) in [4.78, 5) is 0. The van der Waals surface area contributed by atoms with Crippen molar-refractivity contribution in [3.05, 3.63) is 35.4 Å². The molecule has 0 N–H and O–H groups in total. The Morgan fingerprint density at radius 3 is 2.58 bits per heavy atom. The summed E-state index contributed by atoms with van der Waals surface area (Å²) >= 11 is 0. The molecule has 64 valence electrons. The molecule has 0 radical (unpaired) electrons. The number of rotatable bonds is 0. The molecule has 1 aromatic carbocycles. The SMILES string of the molecule is C=[N+]1CCc2ccccc2C1.[Cl-]. The van der Waals surface area contributed by atoms with Crippen LogP contribution >= 0.6 is 0 Å². The predicted octanol–water partition coefficient (Wildman–Crippen LogP) is -1.54. The quantitative estimate of drug-likeness (QED) is 0.427. The van der Waals surface area contributed by atoms with Gasteiger partial charge in [0.1, 0.15) is 13.3 Å². The van der Waals surface area contributed by atoms with Crippen molar-refractivity contribution in [3.8, 4) is 0 Å². The van der Waals surface area contributed by atoms with Crippen molar-refractivity contribution in [3.63, 3.8) is 0 Å². The molecular formula is C10H12ClN. The first-order chi connectivity index (χ1) is 5.36. The Balaban J connectivity index is 0.000000720. The average Bonchev–Trinajstić information content (AvgIpc) is 2.04. The van der Waals surface area contributed by atoms with Crippen molar-refractivity contribution < 1.29 is 17.0 Å². The minimum absolute atomic E-state index is 0. The summed E-state index contributed by atoms with van der Waals surface area (Å²) in [6, 6.07) is 8.60. The van der Waals surface area contributed by atoms with Crippen LogP contribution < -0.4 is 12.4 Å². The number of halogens is 1. The summed E-state index contributed by atoms with van der Waals surface area (Å²) in [7, 11) is 0. The smallest absolute Gasteiger partial charge is 0.167 e. The van der Waals surface area contributed by atoms with E-state index in [1.54, 1.807) is 0 Å². The molecule has 1 aromatic rings. The lowest BCUT2D eigenvalue weighted by molar-refractivity contribution is -0.539. The van der Waals surface area contributed by atoms with Gasteiger partial charge in [-0.15, -0.1) is 0 Å². The highest BCUT2D eigenvalue weighted by atomic mass is 35.5. The van der Waals surface area contributed by atoms with Crippen LogP contribution in [0.15, 0.2) is 24.3 Å². The molecule has 1 aliphatic heterocycles. The van der Waals surface area contributed by atoms with E-state index in [0.29, 0.717) is 0 Å². The van der Waals surface area contributed by atoms with Crippen LogP contribution in [-0.4, -0.2) is 17.8 Å². The summed E-state index contributed by atoms with van der Waals surface area (Å²) in [6.45, 7) is 6.03. The normalized spacial score (nSPS) is 14.8. The number of hydrogen-bond donors (Lipinski definition) is 0. The van der Waals surface area contributed by atoms with Crippen molar-refractivity contribution in [2.45, 2.75) is 13.0 Å². The molecule has 2 heteroatoms. The Morgan fingerprint density at radius 2 is 1.83 bits per heavy atom. The second-order valence-corrected chi connectivity index (χ2v) is 3.07. The Bertz CT molecular complexity index is 294. The van der Waals surface area contributed by atoms with E-state index in [0.717, 1.165) is 19.5 Å². The van der Waals surface area contributed by atoms with E-state index in [-0.39, 0.29) is 12.4 Å². The van der Waals surface area contributed by atoms with Gasteiger partial charge in [0.2, 0.25) is 0 Å². The second kappa shape index (κ2) is 3.72. The number of fused-ring (bicyclic) bond motifs is 1. The molecule has 0 amide bonds. The van der Waals surface area contributed by atoms with Gasteiger partial charge in [-0.25, -0.2) is 4.58 Å². The highest BCUT2D eigenvalue weighted by Crippen LogP contribution is 2.14. The minimum Gasteiger partial charge on any atom is -1.00 e. The Hall–Kier alpha value is -0.820. The van der Waals surface area contributed by atoms with Crippen molar-refractivity contribution >= 4 is 6.72 Å². The van der Waals surface area contributed by atoms with Crippen LogP contribution in [0.25, 0.3) is 0 Å². The molecule has 0 spiro atoms. The zero-order valence-corrected chi connectivity index (χ0v) is 7.72. The zero-order valence-electron chi connectivity index (χ0n) is 6.96. The molecule has 1 nitrogen and oxygen atoms in total. The van der Waals surface area contributed by atoms with Crippen LogP contribution in [-0.2, 0) is 13.0 Å². The van der Waals surface area contributed by atoms with Gasteiger partial charge in [-0.05, 0) is 5.56 Å². The van der Waals surface area contributed by atoms with E-state index in [1.807, 2.05) is 0 Å². The van der Waals surface area contributed by atoms with Crippen molar-refractivity contribution in [2.75, 3.05) is 6.54 Å². The lowest BCUT2D eigenvalue weighted by Crippen LogP contribution is -3.00. The molecule has 1 aliphatic rings. The summed E-state index contributed by atoms with van der Waals surface area (Å²) in [5.74, 6) is 0. The number of hydrogen-bond acceptors (Lipinski definition) is 0. The van der Waals surface area contributed by atoms with Crippen LogP contribution in [0.5, 0.6) is 0 Å². The predicted molar refractivity (Wildman–Crippen MR) is 46.1 cm³/mol. The molecule has 0 aliphatic carbocycles. The third-order valence-electron chi connectivity index (χ3n) is 2.21. The molecule has 0 atom stereocenters.